The fraction of sp³-hybridized carbons (Fsp3) is 0.480. The van der Waals surface area contributed by atoms with Gasteiger partial charge in [-0.15, -0.1) is 0 Å². The Labute approximate surface area is 167 Å². The van der Waals surface area contributed by atoms with Gasteiger partial charge in [-0.3, -0.25) is 0 Å². The van der Waals surface area contributed by atoms with Crippen LogP contribution >= 0.6 is 0 Å². The van der Waals surface area contributed by atoms with Crippen LogP contribution in [0.5, 0.6) is 0 Å². The number of hydrogen-bond donors (Lipinski definition) is 0. The van der Waals surface area contributed by atoms with E-state index in [1.807, 2.05) is 19.9 Å². The lowest BCUT2D eigenvalue weighted by molar-refractivity contribution is -0.138. The van der Waals surface area contributed by atoms with Crippen LogP contribution in [-0.4, -0.2) is 12.6 Å². The molecule has 0 radical (unpaired) electrons. The molecule has 27 heavy (non-hydrogen) atoms. The van der Waals surface area contributed by atoms with Gasteiger partial charge in [0.15, 0.2) is 0 Å². The van der Waals surface area contributed by atoms with Crippen LogP contribution < -0.4 is 0 Å². The fourth-order valence-electron chi connectivity index (χ4n) is 2.25. The molecule has 0 rings (SSSR count). The Balaban J connectivity index is 3.63. The first-order valence-electron chi connectivity index (χ1n) is 10.3. The van der Waals surface area contributed by atoms with E-state index in [1.54, 1.807) is 0 Å². The van der Waals surface area contributed by atoms with E-state index in [4.69, 9.17) is 4.74 Å². The molecule has 0 N–H and O–H groups in total. The van der Waals surface area contributed by atoms with Crippen molar-refractivity contribution in [2.75, 3.05) is 6.61 Å². The Morgan fingerprint density at radius 1 is 0.704 bits per heavy atom. The molecule has 2 heteroatoms. The van der Waals surface area contributed by atoms with Crippen molar-refractivity contribution in [1.29, 1.82) is 0 Å². The average Bonchev–Trinajstić information content (AvgIpc) is 2.67. The van der Waals surface area contributed by atoms with Gasteiger partial charge in [0.2, 0.25) is 0 Å². The highest BCUT2D eigenvalue weighted by Gasteiger charge is 2.02. The number of ether oxygens (including phenoxy) is 1. The van der Waals surface area contributed by atoms with Crippen molar-refractivity contribution in [3.8, 4) is 0 Å². The van der Waals surface area contributed by atoms with E-state index in [0.717, 1.165) is 51.4 Å². The van der Waals surface area contributed by atoms with Crippen molar-refractivity contribution in [3.63, 3.8) is 0 Å². The predicted octanol–water partition coefficient (Wildman–Crippen LogP) is 7.42. The van der Waals surface area contributed by atoms with Gasteiger partial charge in [0.05, 0.1) is 6.61 Å². The first kappa shape index (κ1) is 24.9. The van der Waals surface area contributed by atoms with Crippen LogP contribution in [0.4, 0.5) is 0 Å². The third kappa shape index (κ3) is 18.5. The van der Waals surface area contributed by atoms with Crippen LogP contribution in [-0.2, 0) is 9.53 Å². The van der Waals surface area contributed by atoms with Gasteiger partial charge in [0.25, 0.3) is 0 Å². The SMILES string of the molecule is CC/C=C\C/C=C\C/C=C\C/C=C\C/C=C\CCC/C=C(\C)C(=O)OCC. The van der Waals surface area contributed by atoms with E-state index in [2.05, 4.69) is 67.7 Å². The van der Waals surface area contributed by atoms with Crippen molar-refractivity contribution in [1.82, 2.24) is 0 Å². The zero-order valence-corrected chi connectivity index (χ0v) is 17.5. The maximum atomic E-state index is 11.4. The third-order valence-corrected chi connectivity index (χ3v) is 3.78. The molecule has 0 amide bonds. The van der Waals surface area contributed by atoms with Gasteiger partial charge in [-0.1, -0.05) is 73.8 Å². The minimum Gasteiger partial charge on any atom is -0.463 e. The molecule has 0 spiro atoms. The van der Waals surface area contributed by atoms with Crippen LogP contribution in [0.15, 0.2) is 72.4 Å². The Morgan fingerprint density at radius 2 is 1.19 bits per heavy atom. The van der Waals surface area contributed by atoms with Gasteiger partial charge in [-0.2, -0.15) is 0 Å². The highest BCUT2D eigenvalue weighted by Crippen LogP contribution is 2.04. The highest BCUT2D eigenvalue weighted by atomic mass is 16.5. The lowest BCUT2D eigenvalue weighted by Crippen LogP contribution is -2.04. The lowest BCUT2D eigenvalue weighted by atomic mass is 10.1. The summed E-state index contributed by atoms with van der Waals surface area (Å²) in [6.45, 7) is 6.23. The summed E-state index contributed by atoms with van der Waals surface area (Å²) < 4.78 is 4.95. The normalized spacial score (nSPS) is 13.2. The minimum atomic E-state index is -0.202. The summed E-state index contributed by atoms with van der Waals surface area (Å²) >= 11 is 0. The summed E-state index contributed by atoms with van der Waals surface area (Å²) in [5, 5.41) is 0. The molecule has 0 aliphatic rings. The van der Waals surface area contributed by atoms with Crippen molar-refractivity contribution < 1.29 is 9.53 Å². The lowest BCUT2D eigenvalue weighted by Gasteiger charge is -2.00. The molecule has 0 saturated heterocycles. The zero-order valence-electron chi connectivity index (χ0n) is 17.5. The Bertz CT molecular complexity index is 531. The number of rotatable bonds is 15. The maximum Gasteiger partial charge on any atom is 0.333 e. The number of esters is 1. The molecule has 0 atom stereocenters. The van der Waals surface area contributed by atoms with Crippen LogP contribution in [0.25, 0.3) is 0 Å². The second-order valence-corrected chi connectivity index (χ2v) is 6.25. The number of carbonyl (C=O) groups is 1. The van der Waals surface area contributed by atoms with Gasteiger partial charge in [0.1, 0.15) is 0 Å². The molecule has 2 nitrogen and oxygen atoms in total. The summed E-state index contributed by atoms with van der Waals surface area (Å²) in [6.07, 6.45) is 32.2. The van der Waals surface area contributed by atoms with Crippen LogP contribution in [0.1, 0.15) is 72.1 Å². The summed E-state index contributed by atoms with van der Waals surface area (Å²) in [5.41, 5.74) is 0.709. The molecule has 0 aromatic heterocycles. The van der Waals surface area contributed by atoms with E-state index in [-0.39, 0.29) is 5.97 Å². The van der Waals surface area contributed by atoms with Gasteiger partial charge >= 0.3 is 5.97 Å². The molecular weight excluding hydrogens is 332 g/mol. The molecule has 0 aromatic rings. The summed E-state index contributed by atoms with van der Waals surface area (Å²) in [7, 11) is 0. The molecule has 150 valence electrons. The molecule has 0 unspecified atom stereocenters. The Kier molecular flexibility index (Phi) is 18.7. The molecule has 0 aliphatic carbocycles. The molecule has 0 heterocycles. The summed E-state index contributed by atoms with van der Waals surface area (Å²) in [4.78, 5) is 11.4. The first-order chi connectivity index (χ1) is 13.2. The van der Waals surface area contributed by atoms with Gasteiger partial charge in [0, 0.05) is 5.57 Å². The topological polar surface area (TPSA) is 26.3 Å². The first-order valence-corrected chi connectivity index (χ1v) is 10.3. The standard InChI is InChI=1S/C25H38O2/c1-4-6-7-8-9-10-11-12-13-14-15-16-17-18-19-20-21-22-23-24(3)25(26)27-5-2/h6-7,9-10,12-13,15-16,18-19,23H,4-5,8,11,14,17,20-22H2,1-3H3/b7-6-,10-9-,13-12-,16-15-,19-18-,24-23+. The zero-order chi connectivity index (χ0) is 20.0. The van der Waals surface area contributed by atoms with Crippen molar-refractivity contribution in [2.45, 2.75) is 72.1 Å². The maximum absolute atomic E-state index is 11.4. The van der Waals surface area contributed by atoms with E-state index in [9.17, 15) is 4.79 Å². The number of unbranched alkanes of at least 4 members (excludes halogenated alkanes) is 2. The molecule has 0 bridgehead atoms. The van der Waals surface area contributed by atoms with Crippen LogP contribution in [0.2, 0.25) is 0 Å². The van der Waals surface area contributed by atoms with Crippen LogP contribution in [0, 0.1) is 0 Å². The van der Waals surface area contributed by atoms with Crippen LogP contribution in [0.3, 0.4) is 0 Å². The van der Waals surface area contributed by atoms with E-state index in [0.29, 0.717) is 12.2 Å². The monoisotopic (exact) mass is 370 g/mol. The largest absolute Gasteiger partial charge is 0.463 e. The van der Waals surface area contributed by atoms with Crippen molar-refractivity contribution in [3.05, 3.63) is 72.4 Å². The van der Waals surface area contributed by atoms with Gasteiger partial charge in [-0.05, 0) is 65.2 Å². The number of carbonyl (C=O) groups excluding carboxylic acids is 1. The van der Waals surface area contributed by atoms with Gasteiger partial charge < -0.3 is 4.74 Å². The molecule has 0 aliphatic heterocycles. The van der Waals surface area contributed by atoms with Crippen molar-refractivity contribution >= 4 is 5.97 Å². The molecular formula is C25H38O2. The van der Waals surface area contributed by atoms with E-state index >= 15 is 0 Å². The highest BCUT2D eigenvalue weighted by molar-refractivity contribution is 5.87. The smallest absolute Gasteiger partial charge is 0.333 e. The fourth-order valence-corrected chi connectivity index (χ4v) is 2.25. The number of hydrogen-bond acceptors (Lipinski definition) is 2. The van der Waals surface area contributed by atoms with E-state index in [1.165, 1.54) is 0 Å². The molecule has 0 aromatic carbocycles. The second kappa shape index (κ2) is 20.2. The molecule has 0 fully saturated rings. The summed E-state index contributed by atoms with van der Waals surface area (Å²) in [6, 6.07) is 0. The van der Waals surface area contributed by atoms with Crippen molar-refractivity contribution in [2.24, 2.45) is 0 Å². The Hall–Kier alpha value is -2.09. The minimum absolute atomic E-state index is 0.202. The average molecular weight is 371 g/mol. The predicted molar refractivity (Wildman–Crippen MR) is 119 cm³/mol. The second-order valence-electron chi connectivity index (χ2n) is 6.25. The molecule has 0 saturated carbocycles. The Morgan fingerprint density at radius 3 is 1.67 bits per heavy atom. The van der Waals surface area contributed by atoms with Gasteiger partial charge in [-0.25, -0.2) is 4.79 Å². The number of allylic oxidation sites excluding steroid dienone is 11. The quantitative estimate of drug-likeness (QED) is 0.130. The summed E-state index contributed by atoms with van der Waals surface area (Å²) in [5.74, 6) is -0.202. The van der Waals surface area contributed by atoms with E-state index < -0.39 is 0 Å². The third-order valence-electron chi connectivity index (χ3n) is 3.78.